The Morgan fingerprint density at radius 2 is 1.94 bits per heavy atom. The van der Waals surface area contributed by atoms with Crippen LogP contribution in [0.3, 0.4) is 0 Å². The van der Waals surface area contributed by atoms with Gasteiger partial charge in [0.25, 0.3) is 0 Å². The van der Waals surface area contributed by atoms with Gasteiger partial charge in [-0.25, -0.2) is 0 Å². The number of benzene rings is 1. The zero-order valence-electron chi connectivity index (χ0n) is 10.4. The Morgan fingerprint density at radius 3 is 2.65 bits per heavy atom. The standard InChI is InChI=1S/C15H20O2/c1-17-15-10-6-5-9-13(15)11-14(16)12-7-3-2-4-8-12/h5-6,9-10,12H,2-4,7-8,11H2,1H3. The number of ketones is 1. The predicted octanol–water partition coefficient (Wildman–Crippen LogP) is 3.39. The van der Waals surface area contributed by atoms with Crippen LogP contribution in [-0.4, -0.2) is 12.9 Å². The molecule has 0 spiro atoms. The van der Waals surface area contributed by atoms with Gasteiger partial charge in [-0.2, -0.15) is 0 Å². The van der Waals surface area contributed by atoms with Crippen molar-refractivity contribution in [1.29, 1.82) is 0 Å². The fourth-order valence-electron chi connectivity index (χ4n) is 2.61. The molecule has 17 heavy (non-hydrogen) atoms. The normalized spacial score (nSPS) is 16.8. The lowest BCUT2D eigenvalue weighted by atomic mass is 9.84. The van der Waals surface area contributed by atoms with E-state index in [1.807, 2.05) is 24.3 Å². The fraction of sp³-hybridized carbons (Fsp3) is 0.533. The molecular weight excluding hydrogens is 212 g/mol. The Labute approximate surface area is 103 Å². The molecule has 0 N–H and O–H groups in total. The predicted molar refractivity (Wildman–Crippen MR) is 68.3 cm³/mol. The van der Waals surface area contributed by atoms with E-state index in [0.717, 1.165) is 24.2 Å². The average Bonchev–Trinajstić information content (AvgIpc) is 2.40. The summed E-state index contributed by atoms with van der Waals surface area (Å²) in [6.07, 6.45) is 6.39. The number of hydrogen-bond donors (Lipinski definition) is 0. The molecule has 1 fully saturated rings. The highest BCUT2D eigenvalue weighted by molar-refractivity contribution is 5.83. The van der Waals surface area contributed by atoms with Gasteiger partial charge >= 0.3 is 0 Å². The summed E-state index contributed by atoms with van der Waals surface area (Å²) in [4.78, 5) is 12.2. The summed E-state index contributed by atoms with van der Waals surface area (Å²) in [6.45, 7) is 0. The second-order valence-corrected chi connectivity index (χ2v) is 4.79. The van der Waals surface area contributed by atoms with Crippen LogP contribution >= 0.6 is 0 Å². The molecule has 0 saturated heterocycles. The Morgan fingerprint density at radius 1 is 1.24 bits per heavy atom. The summed E-state index contributed by atoms with van der Waals surface area (Å²) in [7, 11) is 1.66. The van der Waals surface area contributed by atoms with Crippen LogP contribution in [0.25, 0.3) is 0 Å². The van der Waals surface area contributed by atoms with Gasteiger partial charge in [-0.05, 0) is 18.9 Å². The number of hydrogen-bond acceptors (Lipinski definition) is 2. The molecule has 0 radical (unpaired) electrons. The van der Waals surface area contributed by atoms with E-state index in [1.165, 1.54) is 19.3 Å². The van der Waals surface area contributed by atoms with Gasteiger partial charge in [0.2, 0.25) is 0 Å². The van der Waals surface area contributed by atoms with Crippen molar-refractivity contribution in [3.05, 3.63) is 29.8 Å². The lowest BCUT2D eigenvalue weighted by Crippen LogP contribution is -2.19. The third kappa shape index (κ3) is 3.09. The van der Waals surface area contributed by atoms with E-state index in [1.54, 1.807) is 7.11 Å². The second-order valence-electron chi connectivity index (χ2n) is 4.79. The van der Waals surface area contributed by atoms with Crippen molar-refractivity contribution in [2.75, 3.05) is 7.11 Å². The molecule has 1 saturated carbocycles. The van der Waals surface area contributed by atoms with Crippen molar-refractivity contribution in [3.8, 4) is 5.75 Å². The highest BCUT2D eigenvalue weighted by Gasteiger charge is 2.21. The number of para-hydroxylation sites is 1. The van der Waals surface area contributed by atoms with Crippen LogP contribution in [-0.2, 0) is 11.2 Å². The lowest BCUT2D eigenvalue weighted by molar-refractivity contribution is -0.123. The molecule has 0 aliphatic heterocycles. The summed E-state index contributed by atoms with van der Waals surface area (Å²) in [5, 5.41) is 0. The van der Waals surface area contributed by atoms with Crippen molar-refractivity contribution in [3.63, 3.8) is 0 Å². The smallest absolute Gasteiger partial charge is 0.140 e. The van der Waals surface area contributed by atoms with E-state index in [2.05, 4.69) is 0 Å². The maximum atomic E-state index is 12.2. The van der Waals surface area contributed by atoms with Crippen LogP contribution in [0.1, 0.15) is 37.7 Å². The van der Waals surface area contributed by atoms with Crippen molar-refractivity contribution in [2.45, 2.75) is 38.5 Å². The summed E-state index contributed by atoms with van der Waals surface area (Å²) < 4.78 is 5.28. The molecule has 2 rings (SSSR count). The maximum absolute atomic E-state index is 12.2. The van der Waals surface area contributed by atoms with E-state index < -0.39 is 0 Å². The van der Waals surface area contributed by atoms with Crippen LogP contribution in [0.5, 0.6) is 5.75 Å². The van der Waals surface area contributed by atoms with Gasteiger partial charge in [-0.1, -0.05) is 37.5 Å². The summed E-state index contributed by atoms with van der Waals surface area (Å²) in [5.41, 5.74) is 1.02. The summed E-state index contributed by atoms with van der Waals surface area (Å²) in [5.74, 6) is 1.50. The zero-order valence-corrected chi connectivity index (χ0v) is 10.4. The van der Waals surface area contributed by atoms with E-state index >= 15 is 0 Å². The van der Waals surface area contributed by atoms with E-state index in [0.29, 0.717) is 12.2 Å². The van der Waals surface area contributed by atoms with Crippen molar-refractivity contribution in [1.82, 2.24) is 0 Å². The van der Waals surface area contributed by atoms with Crippen molar-refractivity contribution >= 4 is 5.78 Å². The van der Waals surface area contributed by atoms with Gasteiger partial charge in [0.1, 0.15) is 11.5 Å². The van der Waals surface area contributed by atoms with Crippen LogP contribution < -0.4 is 4.74 Å². The molecular formula is C15H20O2. The van der Waals surface area contributed by atoms with E-state index in [-0.39, 0.29) is 5.92 Å². The van der Waals surface area contributed by atoms with Crippen LogP contribution in [0, 0.1) is 5.92 Å². The minimum atomic E-state index is 0.286. The van der Waals surface area contributed by atoms with Gasteiger partial charge in [0, 0.05) is 17.9 Å². The van der Waals surface area contributed by atoms with Gasteiger partial charge in [0.05, 0.1) is 7.11 Å². The maximum Gasteiger partial charge on any atom is 0.140 e. The first-order valence-electron chi connectivity index (χ1n) is 6.46. The van der Waals surface area contributed by atoms with E-state index in [4.69, 9.17) is 4.74 Å². The molecule has 1 aromatic carbocycles. The third-order valence-electron chi connectivity index (χ3n) is 3.62. The first-order chi connectivity index (χ1) is 8.31. The first kappa shape index (κ1) is 12.2. The highest BCUT2D eigenvalue weighted by Crippen LogP contribution is 2.27. The Kier molecular flexibility index (Phi) is 4.18. The monoisotopic (exact) mass is 232 g/mol. The topological polar surface area (TPSA) is 26.3 Å². The van der Waals surface area contributed by atoms with Gasteiger partial charge in [0.15, 0.2) is 0 Å². The Bertz CT molecular complexity index is 378. The van der Waals surface area contributed by atoms with Crippen LogP contribution in [0.4, 0.5) is 0 Å². The summed E-state index contributed by atoms with van der Waals surface area (Å²) >= 11 is 0. The van der Waals surface area contributed by atoms with Crippen LogP contribution in [0.2, 0.25) is 0 Å². The molecule has 0 bridgehead atoms. The molecule has 1 aliphatic carbocycles. The quantitative estimate of drug-likeness (QED) is 0.795. The highest BCUT2D eigenvalue weighted by atomic mass is 16.5. The molecule has 92 valence electrons. The van der Waals surface area contributed by atoms with Crippen molar-refractivity contribution < 1.29 is 9.53 Å². The molecule has 0 amide bonds. The van der Waals surface area contributed by atoms with Gasteiger partial charge in [-0.15, -0.1) is 0 Å². The molecule has 0 atom stereocenters. The molecule has 0 aromatic heterocycles. The number of Topliss-reactive ketones (excluding diaryl/α,β-unsaturated/α-hetero) is 1. The van der Waals surface area contributed by atoms with Crippen molar-refractivity contribution in [2.24, 2.45) is 5.92 Å². The zero-order chi connectivity index (χ0) is 12.1. The Balaban J connectivity index is 2.01. The first-order valence-corrected chi connectivity index (χ1v) is 6.46. The molecule has 2 heteroatoms. The molecule has 0 heterocycles. The average molecular weight is 232 g/mol. The van der Waals surface area contributed by atoms with Gasteiger partial charge < -0.3 is 4.74 Å². The van der Waals surface area contributed by atoms with E-state index in [9.17, 15) is 4.79 Å². The number of rotatable bonds is 4. The fourth-order valence-corrected chi connectivity index (χ4v) is 2.61. The summed E-state index contributed by atoms with van der Waals surface area (Å²) in [6, 6.07) is 7.81. The van der Waals surface area contributed by atoms with Gasteiger partial charge in [-0.3, -0.25) is 4.79 Å². The Hall–Kier alpha value is -1.31. The third-order valence-corrected chi connectivity index (χ3v) is 3.62. The number of carbonyl (C=O) groups is 1. The second kappa shape index (κ2) is 5.85. The molecule has 1 aliphatic rings. The molecule has 0 unspecified atom stereocenters. The van der Waals surface area contributed by atoms with Crippen LogP contribution in [0.15, 0.2) is 24.3 Å². The largest absolute Gasteiger partial charge is 0.496 e. The minimum Gasteiger partial charge on any atom is -0.496 e. The molecule has 2 nitrogen and oxygen atoms in total. The lowest BCUT2D eigenvalue weighted by Gasteiger charge is -2.20. The number of carbonyl (C=O) groups excluding carboxylic acids is 1. The minimum absolute atomic E-state index is 0.286. The molecule has 1 aromatic rings. The SMILES string of the molecule is COc1ccccc1CC(=O)C1CCCCC1. The number of methoxy groups -OCH3 is 1. The number of ether oxygens (including phenoxy) is 1.